The van der Waals surface area contributed by atoms with Crippen molar-refractivity contribution in [1.29, 1.82) is 0 Å². The molecule has 1 aromatic rings. The molecule has 25 heavy (non-hydrogen) atoms. The predicted octanol–water partition coefficient (Wildman–Crippen LogP) is 2.33. The standard InChI is InChI=1S/C18H23ClN2O4/c1-12(22)20-6-4-18(5-7-20)9-16(17(24)25)21(11-18)10-13-2-3-14(23)8-15(13)19/h2-3,8,16,23H,4-7,9-11H2,1H3,(H,24,25)/t16-/m1/s1. The van der Waals surface area contributed by atoms with E-state index in [2.05, 4.69) is 0 Å². The summed E-state index contributed by atoms with van der Waals surface area (Å²) < 4.78 is 0. The van der Waals surface area contributed by atoms with Crippen molar-refractivity contribution in [2.24, 2.45) is 5.41 Å². The SMILES string of the molecule is CC(=O)N1CCC2(CC1)C[C@H](C(=O)O)N(Cc1ccc(O)cc1Cl)C2. The van der Waals surface area contributed by atoms with Gasteiger partial charge < -0.3 is 15.1 Å². The Morgan fingerprint density at radius 1 is 1.32 bits per heavy atom. The molecule has 2 heterocycles. The van der Waals surface area contributed by atoms with E-state index in [4.69, 9.17) is 11.6 Å². The van der Waals surface area contributed by atoms with Gasteiger partial charge in [0.05, 0.1) is 0 Å². The second-order valence-corrected chi connectivity index (χ2v) is 7.65. The zero-order valence-corrected chi connectivity index (χ0v) is 15.0. The number of likely N-dealkylation sites (tertiary alicyclic amines) is 2. The third-order valence-electron chi connectivity index (χ3n) is 5.57. The maximum atomic E-state index is 11.8. The fourth-order valence-electron chi connectivity index (χ4n) is 4.10. The summed E-state index contributed by atoms with van der Waals surface area (Å²) in [4.78, 5) is 27.1. The van der Waals surface area contributed by atoms with Gasteiger partial charge in [-0.1, -0.05) is 17.7 Å². The summed E-state index contributed by atoms with van der Waals surface area (Å²) in [6, 6.07) is 4.23. The monoisotopic (exact) mass is 366 g/mol. The number of piperidine rings is 1. The van der Waals surface area contributed by atoms with Crippen LogP contribution in [0.4, 0.5) is 0 Å². The number of carbonyl (C=O) groups excluding carboxylic acids is 1. The van der Waals surface area contributed by atoms with Crippen LogP contribution >= 0.6 is 11.6 Å². The summed E-state index contributed by atoms with van der Waals surface area (Å²) in [7, 11) is 0. The molecule has 1 atom stereocenters. The summed E-state index contributed by atoms with van der Waals surface area (Å²) in [5, 5.41) is 19.6. The molecule has 1 amide bonds. The minimum absolute atomic E-state index is 0.0571. The molecule has 3 rings (SSSR count). The highest BCUT2D eigenvalue weighted by Gasteiger charge is 2.48. The van der Waals surface area contributed by atoms with E-state index in [0.717, 1.165) is 18.4 Å². The number of aromatic hydroxyl groups is 1. The topological polar surface area (TPSA) is 81.1 Å². The van der Waals surface area contributed by atoms with Gasteiger partial charge in [0, 0.05) is 38.1 Å². The molecule has 6 nitrogen and oxygen atoms in total. The molecule has 2 aliphatic rings. The van der Waals surface area contributed by atoms with Crippen molar-refractivity contribution in [2.45, 2.75) is 38.8 Å². The number of phenolic OH excluding ortho intramolecular Hbond substituents is 1. The number of carboxylic acid groups (broad SMARTS) is 1. The Bertz CT molecular complexity index is 686. The van der Waals surface area contributed by atoms with Gasteiger partial charge in [0.2, 0.25) is 5.91 Å². The molecule has 7 heteroatoms. The zero-order chi connectivity index (χ0) is 18.2. The normalized spacial score (nSPS) is 23.1. The zero-order valence-electron chi connectivity index (χ0n) is 14.2. The van der Waals surface area contributed by atoms with Crippen molar-refractivity contribution in [2.75, 3.05) is 19.6 Å². The largest absolute Gasteiger partial charge is 0.508 e. The van der Waals surface area contributed by atoms with Crippen molar-refractivity contribution in [3.05, 3.63) is 28.8 Å². The van der Waals surface area contributed by atoms with E-state index in [0.29, 0.717) is 37.6 Å². The Morgan fingerprint density at radius 3 is 2.56 bits per heavy atom. The van der Waals surface area contributed by atoms with Crippen molar-refractivity contribution in [3.8, 4) is 5.75 Å². The highest BCUT2D eigenvalue weighted by Crippen LogP contribution is 2.44. The van der Waals surface area contributed by atoms with Gasteiger partial charge in [-0.05, 0) is 42.4 Å². The third kappa shape index (κ3) is 3.75. The molecule has 2 aliphatic heterocycles. The van der Waals surface area contributed by atoms with Crippen molar-refractivity contribution >= 4 is 23.5 Å². The molecule has 0 unspecified atom stereocenters. The number of hydrogen-bond acceptors (Lipinski definition) is 4. The average molecular weight is 367 g/mol. The number of benzene rings is 1. The van der Waals surface area contributed by atoms with Crippen LogP contribution in [-0.4, -0.2) is 57.6 Å². The lowest BCUT2D eigenvalue weighted by Gasteiger charge is -2.39. The molecule has 0 radical (unpaired) electrons. The molecule has 2 fully saturated rings. The number of halogens is 1. The molecule has 0 aromatic heterocycles. The minimum atomic E-state index is -0.819. The summed E-state index contributed by atoms with van der Waals surface area (Å²) in [5.74, 6) is -0.644. The highest BCUT2D eigenvalue weighted by atomic mass is 35.5. The van der Waals surface area contributed by atoms with Crippen LogP contribution in [0.3, 0.4) is 0 Å². The van der Waals surface area contributed by atoms with Crippen LogP contribution in [0, 0.1) is 5.41 Å². The van der Waals surface area contributed by atoms with Gasteiger partial charge >= 0.3 is 5.97 Å². The van der Waals surface area contributed by atoms with Crippen LogP contribution in [0.5, 0.6) is 5.75 Å². The Balaban J connectivity index is 1.75. The number of aliphatic carboxylic acids is 1. The smallest absolute Gasteiger partial charge is 0.320 e. The number of amides is 1. The summed E-state index contributed by atoms with van der Waals surface area (Å²) in [6.07, 6.45) is 2.26. The molecule has 1 spiro atoms. The first-order valence-corrected chi connectivity index (χ1v) is 8.87. The van der Waals surface area contributed by atoms with Crippen molar-refractivity contribution in [1.82, 2.24) is 9.80 Å². The van der Waals surface area contributed by atoms with Crippen molar-refractivity contribution in [3.63, 3.8) is 0 Å². The fourth-order valence-corrected chi connectivity index (χ4v) is 4.33. The van der Waals surface area contributed by atoms with Gasteiger partial charge in [0.15, 0.2) is 0 Å². The van der Waals surface area contributed by atoms with Gasteiger partial charge in [-0.3, -0.25) is 14.5 Å². The van der Waals surface area contributed by atoms with Crippen LogP contribution in [0.1, 0.15) is 31.7 Å². The van der Waals surface area contributed by atoms with E-state index in [1.807, 2.05) is 9.80 Å². The number of carboxylic acids is 1. The first-order chi connectivity index (χ1) is 11.8. The summed E-state index contributed by atoms with van der Waals surface area (Å²) in [5.41, 5.74) is 0.752. The highest BCUT2D eigenvalue weighted by molar-refractivity contribution is 6.31. The van der Waals surface area contributed by atoms with E-state index >= 15 is 0 Å². The fraction of sp³-hybridized carbons (Fsp3) is 0.556. The summed E-state index contributed by atoms with van der Waals surface area (Å²) in [6.45, 7) is 4.08. The van der Waals surface area contributed by atoms with Crippen LogP contribution in [0.25, 0.3) is 0 Å². The Hall–Kier alpha value is -1.79. The van der Waals surface area contributed by atoms with Gasteiger partial charge in [-0.25, -0.2) is 0 Å². The lowest BCUT2D eigenvalue weighted by molar-refractivity contribution is -0.142. The third-order valence-corrected chi connectivity index (χ3v) is 5.92. The lowest BCUT2D eigenvalue weighted by Crippen LogP contribution is -2.43. The maximum absolute atomic E-state index is 11.8. The maximum Gasteiger partial charge on any atom is 0.320 e. The van der Waals surface area contributed by atoms with Crippen LogP contribution in [0.15, 0.2) is 18.2 Å². The first kappa shape index (κ1) is 18.0. The van der Waals surface area contributed by atoms with Crippen LogP contribution < -0.4 is 0 Å². The molecule has 136 valence electrons. The Labute approximate surface area is 152 Å². The number of rotatable bonds is 3. The molecule has 2 N–H and O–H groups in total. The average Bonchev–Trinajstić information content (AvgIpc) is 2.89. The Kier molecular flexibility index (Phi) is 4.93. The second kappa shape index (κ2) is 6.84. The number of carbonyl (C=O) groups is 2. The minimum Gasteiger partial charge on any atom is -0.508 e. The quantitative estimate of drug-likeness (QED) is 0.858. The van der Waals surface area contributed by atoms with Gasteiger partial charge in [-0.2, -0.15) is 0 Å². The second-order valence-electron chi connectivity index (χ2n) is 7.24. The number of nitrogens with zero attached hydrogens (tertiary/aromatic N) is 2. The number of phenols is 1. The van der Waals surface area contributed by atoms with E-state index in [1.54, 1.807) is 19.1 Å². The molecular formula is C18H23ClN2O4. The van der Waals surface area contributed by atoms with E-state index in [1.165, 1.54) is 6.07 Å². The first-order valence-electron chi connectivity index (χ1n) is 8.49. The van der Waals surface area contributed by atoms with Crippen molar-refractivity contribution < 1.29 is 19.8 Å². The molecule has 0 aliphatic carbocycles. The molecule has 2 saturated heterocycles. The molecule has 1 aromatic carbocycles. The Morgan fingerprint density at radius 2 is 2.00 bits per heavy atom. The molecular weight excluding hydrogens is 344 g/mol. The predicted molar refractivity (Wildman–Crippen MR) is 93.5 cm³/mol. The van der Waals surface area contributed by atoms with E-state index < -0.39 is 12.0 Å². The molecule has 0 saturated carbocycles. The summed E-state index contributed by atoms with van der Waals surface area (Å²) >= 11 is 6.19. The van der Waals surface area contributed by atoms with E-state index in [-0.39, 0.29) is 17.1 Å². The van der Waals surface area contributed by atoms with Gasteiger partial charge in [0.1, 0.15) is 11.8 Å². The van der Waals surface area contributed by atoms with Crippen LogP contribution in [-0.2, 0) is 16.1 Å². The lowest BCUT2D eigenvalue weighted by atomic mass is 9.76. The van der Waals surface area contributed by atoms with Crippen LogP contribution in [0.2, 0.25) is 5.02 Å². The molecule has 0 bridgehead atoms. The van der Waals surface area contributed by atoms with E-state index in [9.17, 15) is 19.8 Å². The van der Waals surface area contributed by atoms with Gasteiger partial charge in [-0.15, -0.1) is 0 Å². The number of hydrogen-bond donors (Lipinski definition) is 2. The van der Waals surface area contributed by atoms with Gasteiger partial charge in [0.25, 0.3) is 0 Å².